The second-order valence-corrected chi connectivity index (χ2v) is 2.15. The monoisotopic (exact) mass is 139 g/mol. The summed E-state index contributed by atoms with van der Waals surface area (Å²) in [5, 5.41) is 8.64. The van der Waals surface area contributed by atoms with E-state index in [1.807, 2.05) is 0 Å². The maximum Gasteiger partial charge on any atom is 0.143 e. The quantitative estimate of drug-likeness (QED) is 0.384. The van der Waals surface area contributed by atoms with Gasteiger partial charge in [-0.05, 0) is 6.08 Å². The van der Waals surface area contributed by atoms with E-state index >= 15 is 0 Å². The van der Waals surface area contributed by atoms with Crippen LogP contribution in [-0.2, 0) is 4.74 Å². The van der Waals surface area contributed by atoms with Crippen molar-refractivity contribution in [2.45, 2.75) is 12.0 Å². The van der Waals surface area contributed by atoms with Gasteiger partial charge in [0.15, 0.2) is 0 Å². The fraction of sp³-hybridized carbons (Fsp3) is 0.500. The Morgan fingerprint density at radius 1 is 1.80 bits per heavy atom. The third-order valence-corrected chi connectivity index (χ3v) is 1.52. The van der Waals surface area contributed by atoms with E-state index in [2.05, 4.69) is 11.5 Å². The number of rotatable bonds is 1. The molecule has 0 amide bonds. The second kappa shape index (κ2) is 2.69. The predicted molar refractivity (Wildman–Crippen MR) is 35.4 cm³/mol. The van der Waals surface area contributed by atoms with E-state index in [-0.39, 0.29) is 0 Å². The van der Waals surface area contributed by atoms with Crippen molar-refractivity contribution >= 4 is 0 Å². The van der Waals surface area contributed by atoms with E-state index in [1.165, 1.54) is 6.26 Å². The highest BCUT2D eigenvalue weighted by atomic mass is 16.5. The van der Waals surface area contributed by atoms with Gasteiger partial charge < -0.3 is 4.74 Å². The summed E-state index contributed by atoms with van der Waals surface area (Å²) in [6, 6.07) is 2.06. The maximum absolute atomic E-state index is 8.64. The molecule has 1 unspecified atom stereocenters. The standard InChI is InChI=1S/C6H9N3O/c7-5-6(9-8)1-3-10-4-2-6/h1,3,9H,2,4,8H2. The van der Waals surface area contributed by atoms with Gasteiger partial charge >= 0.3 is 0 Å². The summed E-state index contributed by atoms with van der Waals surface area (Å²) in [4.78, 5) is 0. The molecular formula is C6H9N3O. The molecule has 1 aliphatic rings. The highest BCUT2D eigenvalue weighted by molar-refractivity contribution is 5.19. The first-order chi connectivity index (χ1) is 4.83. The van der Waals surface area contributed by atoms with Crippen molar-refractivity contribution in [1.82, 2.24) is 5.43 Å². The predicted octanol–water partition coefficient (Wildman–Crippen LogP) is -0.354. The van der Waals surface area contributed by atoms with Crippen LogP contribution in [0.5, 0.6) is 0 Å². The molecule has 0 aromatic carbocycles. The molecule has 0 bridgehead atoms. The van der Waals surface area contributed by atoms with Crippen LogP contribution in [0.4, 0.5) is 0 Å². The minimum absolute atomic E-state index is 0.536. The van der Waals surface area contributed by atoms with E-state index in [9.17, 15) is 0 Å². The summed E-state index contributed by atoms with van der Waals surface area (Å²) >= 11 is 0. The maximum atomic E-state index is 8.64. The first kappa shape index (κ1) is 7.06. The number of nitrogens with two attached hydrogens (primary N) is 1. The van der Waals surface area contributed by atoms with Crippen LogP contribution in [0.25, 0.3) is 0 Å². The van der Waals surface area contributed by atoms with Gasteiger partial charge in [-0.2, -0.15) is 5.26 Å². The normalized spacial score (nSPS) is 30.8. The SMILES string of the molecule is N#CC1(NN)C=COCC1. The van der Waals surface area contributed by atoms with E-state index in [0.29, 0.717) is 13.0 Å². The summed E-state index contributed by atoms with van der Waals surface area (Å²) in [7, 11) is 0. The van der Waals surface area contributed by atoms with Crippen molar-refractivity contribution < 1.29 is 4.74 Å². The van der Waals surface area contributed by atoms with Crippen LogP contribution >= 0.6 is 0 Å². The van der Waals surface area contributed by atoms with Gasteiger partial charge in [0.05, 0.1) is 18.9 Å². The van der Waals surface area contributed by atoms with E-state index < -0.39 is 5.54 Å². The average Bonchev–Trinajstić information content (AvgIpc) is 2.06. The molecule has 10 heavy (non-hydrogen) atoms. The van der Waals surface area contributed by atoms with E-state index in [0.717, 1.165) is 0 Å². The van der Waals surface area contributed by atoms with Crippen LogP contribution in [0.3, 0.4) is 0 Å². The van der Waals surface area contributed by atoms with E-state index in [4.69, 9.17) is 15.8 Å². The summed E-state index contributed by atoms with van der Waals surface area (Å²) in [5.41, 5.74) is 1.73. The number of hydrazine groups is 1. The van der Waals surface area contributed by atoms with Crippen LogP contribution in [-0.4, -0.2) is 12.1 Å². The lowest BCUT2D eigenvalue weighted by Gasteiger charge is -2.24. The second-order valence-electron chi connectivity index (χ2n) is 2.15. The van der Waals surface area contributed by atoms with E-state index in [1.54, 1.807) is 6.08 Å². The molecule has 0 spiro atoms. The van der Waals surface area contributed by atoms with Gasteiger partial charge in [0, 0.05) is 6.42 Å². The van der Waals surface area contributed by atoms with Crippen molar-refractivity contribution in [3.63, 3.8) is 0 Å². The van der Waals surface area contributed by atoms with Gasteiger partial charge in [0.2, 0.25) is 0 Å². The minimum Gasteiger partial charge on any atom is -0.501 e. The highest BCUT2D eigenvalue weighted by Gasteiger charge is 2.27. The molecule has 1 atom stereocenters. The molecule has 1 heterocycles. The van der Waals surface area contributed by atoms with Crippen molar-refractivity contribution in [2.24, 2.45) is 5.84 Å². The Morgan fingerprint density at radius 2 is 2.60 bits per heavy atom. The Balaban J connectivity index is 2.74. The zero-order valence-electron chi connectivity index (χ0n) is 5.50. The Labute approximate surface area is 59.2 Å². The topological polar surface area (TPSA) is 71.1 Å². The fourth-order valence-electron chi connectivity index (χ4n) is 0.781. The molecule has 0 saturated carbocycles. The van der Waals surface area contributed by atoms with Gasteiger partial charge in [0.1, 0.15) is 5.54 Å². The van der Waals surface area contributed by atoms with Crippen LogP contribution in [0.15, 0.2) is 12.3 Å². The molecule has 0 aromatic heterocycles. The van der Waals surface area contributed by atoms with Gasteiger partial charge in [-0.15, -0.1) is 0 Å². The zero-order chi connectivity index (χ0) is 7.45. The Kier molecular flexibility index (Phi) is 1.90. The lowest BCUT2D eigenvalue weighted by molar-refractivity contribution is 0.198. The molecule has 4 heteroatoms. The number of ether oxygens (including phenoxy) is 1. The summed E-state index contributed by atoms with van der Waals surface area (Å²) < 4.78 is 4.90. The molecule has 4 nitrogen and oxygen atoms in total. The van der Waals surface area contributed by atoms with Crippen LogP contribution in [0, 0.1) is 11.3 Å². The molecule has 1 aliphatic heterocycles. The molecule has 0 fully saturated rings. The first-order valence-corrected chi connectivity index (χ1v) is 3.01. The largest absolute Gasteiger partial charge is 0.501 e. The smallest absolute Gasteiger partial charge is 0.143 e. The minimum atomic E-state index is -0.710. The van der Waals surface area contributed by atoms with Crippen molar-refractivity contribution in [3.8, 4) is 6.07 Å². The van der Waals surface area contributed by atoms with Crippen LogP contribution < -0.4 is 11.3 Å². The van der Waals surface area contributed by atoms with Gasteiger partial charge in [0.25, 0.3) is 0 Å². The Bertz CT molecular complexity index is 184. The molecule has 54 valence electrons. The first-order valence-electron chi connectivity index (χ1n) is 3.01. The molecule has 3 N–H and O–H groups in total. The van der Waals surface area contributed by atoms with Crippen molar-refractivity contribution in [2.75, 3.05) is 6.61 Å². The molecule has 0 saturated heterocycles. The fourth-order valence-corrected chi connectivity index (χ4v) is 0.781. The number of nitrogens with zero attached hydrogens (tertiary/aromatic N) is 1. The number of nitrogens with one attached hydrogen (secondary N) is 1. The third kappa shape index (κ3) is 1.10. The van der Waals surface area contributed by atoms with Gasteiger partial charge in [-0.25, -0.2) is 5.43 Å². The third-order valence-electron chi connectivity index (χ3n) is 1.52. The number of hydrogen-bond acceptors (Lipinski definition) is 4. The Morgan fingerprint density at radius 3 is 2.90 bits per heavy atom. The number of nitriles is 1. The zero-order valence-corrected chi connectivity index (χ0v) is 5.50. The van der Waals surface area contributed by atoms with Crippen molar-refractivity contribution in [3.05, 3.63) is 12.3 Å². The summed E-state index contributed by atoms with van der Waals surface area (Å²) in [6.45, 7) is 0.536. The summed E-state index contributed by atoms with van der Waals surface area (Å²) in [5.74, 6) is 5.17. The van der Waals surface area contributed by atoms with Gasteiger partial charge in [-0.1, -0.05) is 0 Å². The molecule has 1 rings (SSSR count). The number of hydrogen-bond donors (Lipinski definition) is 2. The average molecular weight is 139 g/mol. The Hall–Kier alpha value is -1.05. The molecule has 0 aliphatic carbocycles. The van der Waals surface area contributed by atoms with Crippen molar-refractivity contribution in [1.29, 1.82) is 5.26 Å². The lowest BCUT2D eigenvalue weighted by atomic mass is 9.98. The highest BCUT2D eigenvalue weighted by Crippen LogP contribution is 2.14. The van der Waals surface area contributed by atoms with Gasteiger partial charge in [-0.3, -0.25) is 5.84 Å². The van der Waals surface area contributed by atoms with Crippen LogP contribution in [0.1, 0.15) is 6.42 Å². The summed E-state index contributed by atoms with van der Waals surface area (Å²) in [6.07, 6.45) is 3.71. The lowest BCUT2D eigenvalue weighted by Crippen LogP contribution is -2.48. The molecular weight excluding hydrogens is 130 g/mol. The van der Waals surface area contributed by atoms with Crippen LogP contribution in [0.2, 0.25) is 0 Å². The molecule has 0 radical (unpaired) electrons. The molecule has 0 aromatic rings.